The van der Waals surface area contributed by atoms with Crippen molar-refractivity contribution in [1.82, 2.24) is 0 Å². The Morgan fingerprint density at radius 1 is 1.00 bits per heavy atom. The third kappa shape index (κ3) is 3830. The molecule has 0 unspecified atom stereocenters. The van der Waals surface area contributed by atoms with E-state index in [-0.39, 0.29) is 0 Å². The quantitative estimate of drug-likeness (QED) is 0.542. The first kappa shape index (κ1) is 24.1. The van der Waals surface area contributed by atoms with E-state index in [9.17, 15) is 0 Å². The fraction of sp³-hybridized carbons (Fsp3) is 0.857. The van der Waals surface area contributed by atoms with Crippen molar-refractivity contribution in [3.63, 3.8) is 0 Å². The summed E-state index contributed by atoms with van der Waals surface area (Å²) < 4.78 is 4.25. The fourth-order valence-electron chi connectivity index (χ4n) is 0. The molecule has 0 atom stereocenters. The van der Waals surface area contributed by atoms with Crippen molar-refractivity contribution in [2.24, 2.45) is 5.92 Å². The van der Waals surface area contributed by atoms with Crippen molar-refractivity contribution in [3.05, 3.63) is 12.2 Å². The minimum Gasteiger partial charge on any atom is -0.388 e. The molecule has 0 rings (SSSR count). The van der Waals surface area contributed by atoms with Crippen molar-refractivity contribution in [3.8, 4) is 0 Å². The van der Waals surface area contributed by atoms with Crippen LogP contribution >= 0.6 is 0 Å². The van der Waals surface area contributed by atoms with Crippen LogP contribution in [0.15, 0.2) is 12.2 Å². The molecule has 0 aromatic heterocycles. The molecule has 0 saturated carbocycles. The Bertz CT molecular complexity index is 76.6. The fourth-order valence-corrected chi connectivity index (χ4v) is 0. The van der Waals surface area contributed by atoms with Crippen molar-refractivity contribution < 1.29 is 4.74 Å². The zero-order valence-electron chi connectivity index (χ0n) is 12.6. The molecule has 0 spiro atoms. The van der Waals surface area contributed by atoms with Gasteiger partial charge in [0.25, 0.3) is 0 Å². The summed E-state index contributed by atoms with van der Waals surface area (Å²) in [5.74, 6) is 0.833. The molecule has 0 amide bonds. The average Bonchev–Trinajstić information content (AvgIpc) is 2.03. The van der Waals surface area contributed by atoms with Crippen LogP contribution in [-0.4, -0.2) is 14.2 Å². The van der Waals surface area contributed by atoms with Gasteiger partial charge in [0.1, 0.15) is 0 Å². The van der Waals surface area contributed by atoms with Gasteiger partial charge in [-0.2, -0.15) is 0 Å². The van der Waals surface area contributed by atoms with Gasteiger partial charge in [-0.25, -0.2) is 0 Å². The summed E-state index contributed by atoms with van der Waals surface area (Å²) in [6, 6.07) is 0. The maximum atomic E-state index is 4.25. The zero-order valence-corrected chi connectivity index (χ0v) is 12.6. The average molecular weight is 218 g/mol. The van der Waals surface area contributed by atoms with Crippen molar-refractivity contribution >= 4 is 0 Å². The first-order chi connectivity index (χ1) is 6.79. The zero-order chi connectivity index (χ0) is 13.3. The molecule has 0 aliphatic carbocycles. The SMILES string of the molecule is C=C(C)C.CC(C)C.CCCC.COC. The number of rotatable bonds is 1. The first-order valence-corrected chi connectivity index (χ1v) is 5.82. The molecule has 0 aliphatic rings. The molecule has 0 bridgehead atoms. The molecule has 0 heterocycles. The summed E-state index contributed by atoms with van der Waals surface area (Å²) >= 11 is 0. The number of methoxy groups -OCH3 is 1. The number of ether oxygens (including phenoxy) is 1. The molecule has 1 nitrogen and oxygen atoms in total. The third-order valence-corrected chi connectivity index (χ3v) is 0.500. The molecule has 0 fully saturated rings. The van der Waals surface area contributed by atoms with Gasteiger partial charge < -0.3 is 4.74 Å². The lowest BCUT2D eigenvalue weighted by molar-refractivity contribution is 0.277. The molecule has 1 heteroatoms. The Hall–Kier alpha value is -0.300. The summed E-state index contributed by atoms with van der Waals surface area (Å²) in [4.78, 5) is 0. The minimum atomic E-state index is 0.833. The Morgan fingerprint density at radius 3 is 1.07 bits per heavy atom. The lowest BCUT2D eigenvalue weighted by atomic mass is 10.3. The number of allylic oxidation sites excluding steroid dienone is 1. The maximum Gasteiger partial charge on any atom is 0.0351 e. The van der Waals surface area contributed by atoms with Gasteiger partial charge >= 0.3 is 0 Å². The highest BCUT2D eigenvalue weighted by molar-refractivity contribution is 4.78. The highest BCUT2D eigenvalue weighted by Gasteiger charge is 1.68. The monoisotopic (exact) mass is 218 g/mol. The Labute approximate surface area is 98.9 Å². The Kier molecular flexibility index (Phi) is 46.9. The summed E-state index contributed by atoms with van der Waals surface area (Å²) in [6.07, 6.45) is 2.64. The van der Waals surface area contributed by atoms with E-state index >= 15 is 0 Å². The number of hydrogen-bond donors (Lipinski definition) is 0. The second-order valence-electron chi connectivity index (χ2n) is 4.35. The molecular formula is C14H34O. The van der Waals surface area contributed by atoms with Crippen molar-refractivity contribution in [2.45, 2.75) is 61.3 Å². The van der Waals surface area contributed by atoms with Gasteiger partial charge in [-0.3, -0.25) is 0 Å². The number of hydrogen-bond acceptors (Lipinski definition) is 1. The summed E-state index contributed by atoms with van der Waals surface area (Å²) in [7, 11) is 3.25. The molecule has 15 heavy (non-hydrogen) atoms. The van der Waals surface area contributed by atoms with Crippen molar-refractivity contribution in [2.75, 3.05) is 14.2 Å². The van der Waals surface area contributed by atoms with E-state index in [0.717, 1.165) is 5.92 Å². The van der Waals surface area contributed by atoms with E-state index in [1.165, 1.54) is 18.4 Å². The molecule has 0 saturated heterocycles. The van der Waals surface area contributed by atoms with Crippen molar-refractivity contribution in [1.29, 1.82) is 0 Å². The summed E-state index contributed by atoms with van der Waals surface area (Å²) in [6.45, 7) is 18.4. The van der Waals surface area contributed by atoms with Crippen LogP contribution in [0.2, 0.25) is 0 Å². The largest absolute Gasteiger partial charge is 0.388 e. The Morgan fingerprint density at radius 2 is 1.07 bits per heavy atom. The van der Waals surface area contributed by atoms with Gasteiger partial charge in [-0.1, -0.05) is 53.0 Å². The maximum absolute atomic E-state index is 4.25. The van der Waals surface area contributed by atoms with E-state index in [4.69, 9.17) is 0 Å². The summed E-state index contributed by atoms with van der Waals surface area (Å²) in [5, 5.41) is 0. The molecule has 0 radical (unpaired) electrons. The van der Waals surface area contributed by atoms with Crippen LogP contribution in [0.25, 0.3) is 0 Å². The van der Waals surface area contributed by atoms with Crippen LogP contribution in [0.1, 0.15) is 61.3 Å². The standard InChI is InChI=1S/C4H10.C4H8.C4H10.C2H6O/c2*1-4(2)3;1-3-4-2;1-3-2/h4H,1-3H3;1H2,2-3H3;3-4H2,1-2H3;1-2H3. The molecule has 0 aromatic carbocycles. The van der Waals surface area contributed by atoms with Gasteiger partial charge in [-0.05, 0) is 19.8 Å². The van der Waals surface area contributed by atoms with E-state index < -0.39 is 0 Å². The van der Waals surface area contributed by atoms with Gasteiger partial charge in [0.05, 0.1) is 0 Å². The topological polar surface area (TPSA) is 9.23 Å². The highest BCUT2D eigenvalue weighted by atomic mass is 16.4. The van der Waals surface area contributed by atoms with Crippen LogP contribution in [0.4, 0.5) is 0 Å². The number of unbranched alkanes of at least 4 members (excludes halogenated alkanes) is 1. The molecule has 96 valence electrons. The van der Waals surface area contributed by atoms with Gasteiger partial charge in [0.2, 0.25) is 0 Å². The van der Waals surface area contributed by atoms with Crippen LogP contribution in [0, 0.1) is 5.92 Å². The third-order valence-electron chi connectivity index (χ3n) is 0.500. The second-order valence-corrected chi connectivity index (χ2v) is 4.35. The van der Waals surface area contributed by atoms with Crippen LogP contribution < -0.4 is 0 Å². The van der Waals surface area contributed by atoms with E-state index in [1.807, 2.05) is 13.8 Å². The van der Waals surface area contributed by atoms with Gasteiger partial charge in [0, 0.05) is 14.2 Å². The first-order valence-electron chi connectivity index (χ1n) is 5.82. The van der Waals surface area contributed by atoms with Gasteiger partial charge in [0.15, 0.2) is 0 Å². The lowest BCUT2D eigenvalue weighted by Gasteiger charge is -1.79. The predicted octanol–water partition coefficient (Wildman–Crippen LogP) is 5.31. The highest BCUT2D eigenvalue weighted by Crippen LogP contribution is 1.81. The molecule has 0 aliphatic heterocycles. The minimum absolute atomic E-state index is 0.833. The van der Waals surface area contributed by atoms with Crippen LogP contribution in [0.3, 0.4) is 0 Å². The predicted molar refractivity (Wildman–Crippen MR) is 74.5 cm³/mol. The summed E-state index contributed by atoms with van der Waals surface area (Å²) in [5.41, 5.74) is 1.17. The normalized spacial score (nSPS) is 7.33. The molecule has 0 N–H and O–H groups in total. The molecule has 0 aromatic rings. The van der Waals surface area contributed by atoms with E-state index in [0.29, 0.717) is 0 Å². The van der Waals surface area contributed by atoms with Crippen LogP contribution in [-0.2, 0) is 4.74 Å². The van der Waals surface area contributed by atoms with E-state index in [2.05, 4.69) is 45.9 Å². The smallest absolute Gasteiger partial charge is 0.0351 e. The second kappa shape index (κ2) is 29.2. The van der Waals surface area contributed by atoms with E-state index in [1.54, 1.807) is 14.2 Å². The Balaban J connectivity index is -0.0000000542. The van der Waals surface area contributed by atoms with Crippen LogP contribution in [0.5, 0.6) is 0 Å². The van der Waals surface area contributed by atoms with Gasteiger partial charge in [-0.15, -0.1) is 6.58 Å². The lowest BCUT2D eigenvalue weighted by Crippen LogP contribution is -1.66. The molecular weight excluding hydrogens is 184 g/mol.